The molecule has 3 amide bonds. The zero-order valence-corrected chi connectivity index (χ0v) is 17.7. The molecule has 7 atom stereocenters. The van der Waals surface area contributed by atoms with Gasteiger partial charge in [0.15, 0.2) is 0 Å². The van der Waals surface area contributed by atoms with E-state index >= 15 is 0 Å². The highest BCUT2D eigenvalue weighted by atomic mass is 79.9. The number of amides is 3. The second kappa shape index (κ2) is 6.02. The van der Waals surface area contributed by atoms with Gasteiger partial charge >= 0.3 is 0 Å². The van der Waals surface area contributed by atoms with E-state index in [4.69, 9.17) is 0 Å². The van der Waals surface area contributed by atoms with Crippen LogP contribution >= 0.6 is 15.9 Å². The minimum absolute atomic E-state index is 0.161. The van der Waals surface area contributed by atoms with E-state index in [1.807, 2.05) is 26.0 Å². The van der Waals surface area contributed by atoms with Crippen LogP contribution in [0.5, 0.6) is 0 Å². The van der Waals surface area contributed by atoms with E-state index in [1.165, 1.54) is 4.90 Å². The maximum absolute atomic E-state index is 13.2. The molecule has 1 aromatic carbocycles. The van der Waals surface area contributed by atoms with Gasteiger partial charge in [-0.15, -0.1) is 0 Å². The minimum Gasteiger partial charge on any atom is -0.324 e. The summed E-state index contributed by atoms with van der Waals surface area (Å²) in [7, 11) is 0. The standard InChI is InChI=1S/C22H23BrN2O3/c1-9-7-17(10(2)6-16(9)23)24-20(26)11(3)25-21(27)18-12-4-5-13(15-8-14(12)15)19(18)22(25)28/h4-7,11-15,18-19H,8H2,1-3H3,(H,24,26). The van der Waals surface area contributed by atoms with Crippen molar-refractivity contribution in [2.75, 3.05) is 5.32 Å². The summed E-state index contributed by atoms with van der Waals surface area (Å²) < 4.78 is 0.978. The second-order valence-corrected chi connectivity index (χ2v) is 9.64. The number of anilines is 1. The van der Waals surface area contributed by atoms with E-state index in [1.54, 1.807) is 6.92 Å². The first-order chi connectivity index (χ1) is 13.3. The summed E-state index contributed by atoms with van der Waals surface area (Å²) in [5, 5.41) is 2.91. The van der Waals surface area contributed by atoms with Gasteiger partial charge in [-0.25, -0.2) is 0 Å². The van der Waals surface area contributed by atoms with E-state index in [0.29, 0.717) is 17.5 Å². The molecule has 5 nitrogen and oxygen atoms in total. The van der Waals surface area contributed by atoms with E-state index < -0.39 is 6.04 Å². The van der Waals surface area contributed by atoms with Gasteiger partial charge in [-0.05, 0) is 74.1 Å². The van der Waals surface area contributed by atoms with Crippen molar-refractivity contribution in [3.63, 3.8) is 0 Å². The molecule has 6 rings (SSSR count). The number of carbonyl (C=O) groups excluding carboxylic acids is 3. The fourth-order valence-electron chi connectivity index (χ4n) is 5.63. The summed E-state index contributed by atoms with van der Waals surface area (Å²) in [5.74, 6) is 0.293. The molecular formula is C22H23BrN2O3. The normalized spacial score (nSPS) is 35.6. The van der Waals surface area contributed by atoms with Crippen LogP contribution in [-0.2, 0) is 14.4 Å². The Hall–Kier alpha value is -1.95. The predicted octanol–water partition coefficient (Wildman–Crippen LogP) is 3.45. The Morgan fingerprint density at radius 2 is 1.64 bits per heavy atom. The number of carbonyl (C=O) groups is 3. The number of rotatable bonds is 3. The summed E-state index contributed by atoms with van der Waals surface area (Å²) >= 11 is 3.49. The monoisotopic (exact) mass is 442 g/mol. The highest BCUT2D eigenvalue weighted by Crippen LogP contribution is 2.65. The third-order valence-electron chi connectivity index (χ3n) is 7.23. The van der Waals surface area contributed by atoms with Crippen molar-refractivity contribution in [2.45, 2.75) is 33.2 Å². The number of hydrogen-bond acceptors (Lipinski definition) is 3. The molecule has 1 aliphatic heterocycles. The Balaban J connectivity index is 1.38. The largest absolute Gasteiger partial charge is 0.324 e. The summed E-state index contributed by atoms with van der Waals surface area (Å²) in [4.78, 5) is 40.5. The zero-order valence-electron chi connectivity index (χ0n) is 16.1. The van der Waals surface area contributed by atoms with Crippen LogP contribution in [0.2, 0.25) is 0 Å². The average molecular weight is 443 g/mol. The Bertz CT molecular complexity index is 919. The van der Waals surface area contributed by atoms with Gasteiger partial charge in [0.2, 0.25) is 17.7 Å². The number of hydrogen-bond donors (Lipinski definition) is 1. The fraction of sp³-hybridized carbons (Fsp3) is 0.500. The van der Waals surface area contributed by atoms with Crippen molar-refractivity contribution in [1.29, 1.82) is 0 Å². The van der Waals surface area contributed by atoms with E-state index in [9.17, 15) is 14.4 Å². The van der Waals surface area contributed by atoms with Gasteiger partial charge in [-0.1, -0.05) is 28.1 Å². The van der Waals surface area contributed by atoms with E-state index in [0.717, 1.165) is 22.0 Å². The van der Waals surface area contributed by atoms with Crippen molar-refractivity contribution < 1.29 is 14.4 Å². The summed E-state index contributed by atoms with van der Waals surface area (Å²) in [6.07, 6.45) is 5.43. The molecule has 0 radical (unpaired) electrons. The number of nitrogens with one attached hydrogen (secondary N) is 1. The van der Waals surface area contributed by atoms with Crippen LogP contribution in [0.25, 0.3) is 0 Å². The molecule has 1 aromatic rings. The van der Waals surface area contributed by atoms with Crippen LogP contribution in [0.3, 0.4) is 0 Å². The number of benzene rings is 1. The molecule has 2 saturated carbocycles. The summed E-state index contributed by atoms with van der Waals surface area (Å²) in [6, 6.07) is 3.03. The number of imide groups is 1. The molecule has 4 aliphatic carbocycles. The quantitative estimate of drug-likeness (QED) is 0.575. The average Bonchev–Trinajstić information content (AvgIpc) is 3.43. The van der Waals surface area contributed by atoms with Crippen molar-refractivity contribution in [3.05, 3.63) is 39.9 Å². The van der Waals surface area contributed by atoms with Crippen LogP contribution in [0, 0.1) is 49.4 Å². The van der Waals surface area contributed by atoms with E-state index in [-0.39, 0.29) is 41.4 Å². The maximum Gasteiger partial charge on any atom is 0.247 e. The Morgan fingerprint density at radius 3 is 2.21 bits per heavy atom. The molecule has 5 aliphatic rings. The first-order valence-corrected chi connectivity index (χ1v) is 10.7. The lowest BCUT2D eigenvalue weighted by molar-refractivity contribution is -0.146. The molecule has 0 spiro atoms. The molecule has 1 heterocycles. The van der Waals surface area contributed by atoms with Crippen LogP contribution < -0.4 is 5.32 Å². The molecule has 28 heavy (non-hydrogen) atoms. The topological polar surface area (TPSA) is 66.5 Å². The fourth-order valence-corrected chi connectivity index (χ4v) is 6.09. The maximum atomic E-state index is 13.2. The zero-order chi connectivity index (χ0) is 19.9. The molecule has 2 bridgehead atoms. The molecule has 6 heteroatoms. The molecule has 0 aromatic heterocycles. The first kappa shape index (κ1) is 18.1. The predicted molar refractivity (Wildman–Crippen MR) is 108 cm³/mol. The smallest absolute Gasteiger partial charge is 0.247 e. The third kappa shape index (κ3) is 2.39. The number of nitrogens with zero attached hydrogens (tertiary/aromatic N) is 1. The Kier molecular flexibility index (Phi) is 3.89. The Morgan fingerprint density at radius 1 is 1.07 bits per heavy atom. The molecule has 146 valence electrons. The lowest BCUT2D eigenvalue weighted by Crippen LogP contribution is -2.46. The lowest BCUT2D eigenvalue weighted by atomic mass is 9.63. The van der Waals surface area contributed by atoms with Crippen molar-refractivity contribution >= 4 is 39.3 Å². The third-order valence-corrected chi connectivity index (χ3v) is 8.08. The Labute approximate surface area is 172 Å². The van der Waals surface area contributed by atoms with Gasteiger partial charge in [0.25, 0.3) is 0 Å². The van der Waals surface area contributed by atoms with Gasteiger partial charge in [0, 0.05) is 10.2 Å². The number of likely N-dealkylation sites (tertiary alicyclic amines) is 1. The lowest BCUT2D eigenvalue weighted by Gasteiger charge is -2.37. The highest BCUT2D eigenvalue weighted by Gasteiger charge is 2.67. The minimum atomic E-state index is -0.815. The SMILES string of the molecule is Cc1cc(NC(=O)C(C)N2C(=O)C3C4C=CC(C5CC45)C3C2=O)c(C)cc1Br. The van der Waals surface area contributed by atoms with Gasteiger partial charge in [0.1, 0.15) is 6.04 Å². The van der Waals surface area contributed by atoms with Crippen LogP contribution in [-0.4, -0.2) is 28.7 Å². The van der Waals surface area contributed by atoms with Gasteiger partial charge in [-0.2, -0.15) is 0 Å². The molecule has 3 fully saturated rings. The molecule has 7 unspecified atom stereocenters. The van der Waals surface area contributed by atoms with Crippen molar-refractivity contribution in [1.82, 2.24) is 4.90 Å². The van der Waals surface area contributed by atoms with Crippen molar-refractivity contribution in [3.8, 4) is 0 Å². The summed E-state index contributed by atoms with van der Waals surface area (Å²) in [6.45, 7) is 5.52. The molecule has 1 saturated heterocycles. The van der Waals surface area contributed by atoms with Gasteiger partial charge in [0.05, 0.1) is 11.8 Å². The van der Waals surface area contributed by atoms with Crippen LogP contribution in [0.1, 0.15) is 24.5 Å². The second-order valence-electron chi connectivity index (χ2n) is 8.78. The van der Waals surface area contributed by atoms with Gasteiger partial charge < -0.3 is 5.32 Å². The van der Waals surface area contributed by atoms with Crippen LogP contribution in [0.15, 0.2) is 28.8 Å². The molecule has 1 N–H and O–H groups in total. The number of aryl methyl sites for hydroxylation is 2. The summed E-state index contributed by atoms with van der Waals surface area (Å²) in [5.41, 5.74) is 2.64. The molecular weight excluding hydrogens is 420 g/mol. The first-order valence-electron chi connectivity index (χ1n) is 9.92. The van der Waals surface area contributed by atoms with Gasteiger partial charge in [-0.3, -0.25) is 19.3 Å². The van der Waals surface area contributed by atoms with Crippen molar-refractivity contribution in [2.24, 2.45) is 35.5 Å². The highest BCUT2D eigenvalue weighted by molar-refractivity contribution is 9.10. The number of halogens is 1. The van der Waals surface area contributed by atoms with E-state index in [2.05, 4.69) is 33.4 Å². The van der Waals surface area contributed by atoms with Crippen LogP contribution in [0.4, 0.5) is 5.69 Å². The number of allylic oxidation sites excluding steroid dienone is 2.